The number of Topliss-reactive ketones (excluding diaryl/α,β-unsaturated/α-hetero) is 1. The van der Waals surface area contributed by atoms with Crippen molar-refractivity contribution in [3.05, 3.63) is 59.2 Å². The highest BCUT2D eigenvalue weighted by molar-refractivity contribution is 8.23. The Morgan fingerprint density at radius 3 is 2.61 bits per heavy atom. The lowest BCUT2D eigenvalue weighted by Crippen LogP contribution is -2.42. The molecular formula is C23H27N3O4S. The summed E-state index contributed by atoms with van der Waals surface area (Å²) in [5.41, 5.74) is 6.93. The number of ketones is 1. The summed E-state index contributed by atoms with van der Waals surface area (Å²) >= 11 is 0. The van der Waals surface area contributed by atoms with Crippen molar-refractivity contribution < 1.29 is 19.0 Å². The molecule has 0 fully saturated rings. The number of hydrogen-bond acceptors (Lipinski definition) is 7. The topological polar surface area (TPSA) is 128 Å². The quantitative estimate of drug-likeness (QED) is 0.406. The molecule has 2 aromatic rings. The molecular weight excluding hydrogens is 414 g/mol. The summed E-state index contributed by atoms with van der Waals surface area (Å²) in [6.45, 7) is 6.07. The van der Waals surface area contributed by atoms with Crippen LogP contribution in [0.1, 0.15) is 44.7 Å². The van der Waals surface area contributed by atoms with Crippen LogP contribution in [0, 0.1) is 5.92 Å². The number of nitrogens with two attached hydrogens (primary N) is 1. The van der Waals surface area contributed by atoms with Crippen LogP contribution >= 0.6 is 10.8 Å². The second kappa shape index (κ2) is 7.40. The zero-order valence-electron chi connectivity index (χ0n) is 17.7. The molecule has 0 bridgehead atoms. The lowest BCUT2D eigenvalue weighted by atomic mass is 9.66. The van der Waals surface area contributed by atoms with Gasteiger partial charge in [0.05, 0.1) is 11.1 Å². The van der Waals surface area contributed by atoms with E-state index in [1.165, 1.54) is 6.07 Å². The first kappa shape index (κ1) is 21.4. The highest BCUT2D eigenvalue weighted by atomic mass is 32.3. The monoisotopic (exact) mass is 441 g/mol. The van der Waals surface area contributed by atoms with Gasteiger partial charge in [0.25, 0.3) is 0 Å². The number of carbonyl (C=O) groups excluding carboxylic acids is 1. The largest absolute Gasteiger partial charge is 0.506 e. The Morgan fingerprint density at radius 1 is 1.19 bits per heavy atom. The molecule has 4 rings (SSSR count). The minimum absolute atomic E-state index is 0.0348. The van der Waals surface area contributed by atoms with Crippen molar-refractivity contribution in [1.82, 2.24) is 0 Å². The maximum atomic E-state index is 13.8. The summed E-state index contributed by atoms with van der Waals surface area (Å²) in [4.78, 5) is 14.0. The molecule has 0 saturated heterocycles. The van der Waals surface area contributed by atoms with Crippen LogP contribution in [0.3, 0.4) is 0 Å². The molecule has 0 amide bonds. The fourth-order valence-electron chi connectivity index (χ4n) is 4.16. The number of benzene rings is 2. The summed E-state index contributed by atoms with van der Waals surface area (Å²) in [6.07, 6.45) is 1.41. The molecule has 1 unspecified atom stereocenters. The molecule has 8 heteroatoms. The molecule has 0 spiro atoms. The number of carbonyl (C=O) groups is 1. The van der Waals surface area contributed by atoms with Crippen molar-refractivity contribution in [2.45, 2.75) is 43.9 Å². The first-order valence-electron chi connectivity index (χ1n) is 10.2. The van der Waals surface area contributed by atoms with Crippen LogP contribution in [0.2, 0.25) is 0 Å². The van der Waals surface area contributed by atoms with E-state index >= 15 is 0 Å². The number of nitrogen functional groups attached to an aromatic ring is 1. The van der Waals surface area contributed by atoms with Crippen molar-refractivity contribution in [3.8, 4) is 0 Å². The van der Waals surface area contributed by atoms with Crippen LogP contribution in [0.5, 0.6) is 0 Å². The predicted molar refractivity (Wildman–Crippen MR) is 125 cm³/mol. The third-order valence-electron chi connectivity index (χ3n) is 5.97. The minimum Gasteiger partial charge on any atom is -0.506 e. The first-order chi connectivity index (χ1) is 14.5. The lowest BCUT2D eigenvalue weighted by Gasteiger charge is -2.39. The Balaban J connectivity index is 1.88. The molecule has 0 radical (unpaired) electrons. The Kier molecular flexibility index (Phi) is 5.12. The molecule has 1 atom stereocenters. The molecule has 7 nitrogen and oxygen atoms in total. The zero-order valence-corrected chi connectivity index (χ0v) is 18.5. The second-order valence-electron chi connectivity index (χ2n) is 8.70. The summed E-state index contributed by atoms with van der Waals surface area (Å²) in [6, 6.07) is 11.9. The van der Waals surface area contributed by atoms with Gasteiger partial charge in [0.15, 0.2) is 11.6 Å². The molecule has 1 aliphatic carbocycles. The molecule has 6 N–H and O–H groups in total. The number of fused-ring (bicyclic) bond motifs is 2. The van der Waals surface area contributed by atoms with E-state index in [1.54, 1.807) is 24.3 Å². The van der Waals surface area contributed by atoms with Gasteiger partial charge in [0.1, 0.15) is 16.2 Å². The fraction of sp³-hybridized carbons (Fsp3) is 0.304. The van der Waals surface area contributed by atoms with Gasteiger partial charge in [-0.25, -0.2) is 0 Å². The molecule has 31 heavy (non-hydrogen) atoms. The van der Waals surface area contributed by atoms with Gasteiger partial charge in [-0.15, -0.1) is 4.40 Å². The number of hydrogen-bond donors (Lipinski definition) is 5. The number of amidine groups is 1. The van der Waals surface area contributed by atoms with Crippen molar-refractivity contribution in [3.63, 3.8) is 0 Å². The fourth-order valence-corrected chi connectivity index (χ4v) is 5.36. The smallest absolute Gasteiger partial charge is 0.180 e. The van der Waals surface area contributed by atoms with Gasteiger partial charge in [-0.2, -0.15) is 0 Å². The SMILES string of the molecule is CC(C)CCC1(C)C(=O)C(C2=NS(O)(O)c3cc(N)ccc3N2)=C(O)c2ccccc21. The van der Waals surface area contributed by atoms with Gasteiger partial charge in [-0.1, -0.05) is 48.9 Å². The van der Waals surface area contributed by atoms with Crippen LogP contribution in [-0.4, -0.2) is 25.8 Å². The number of nitrogens with one attached hydrogen (secondary N) is 1. The van der Waals surface area contributed by atoms with Gasteiger partial charge in [-0.3, -0.25) is 13.9 Å². The zero-order chi connectivity index (χ0) is 22.6. The van der Waals surface area contributed by atoms with Crippen LogP contribution in [0.15, 0.2) is 57.3 Å². The Bertz CT molecular complexity index is 1140. The number of rotatable bonds is 4. The molecule has 0 saturated carbocycles. The number of aliphatic hydroxyl groups excluding tert-OH is 1. The molecule has 2 aromatic carbocycles. The minimum atomic E-state index is -3.60. The van der Waals surface area contributed by atoms with Crippen LogP contribution in [-0.2, 0) is 10.2 Å². The van der Waals surface area contributed by atoms with E-state index in [9.17, 15) is 19.0 Å². The van der Waals surface area contributed by atoms with Gasteiger partial charge >= 0.3 is 0 Å². The van der Waals surface area contributed by atoms with E-state index in [4.69, 9.17) is 5.73 Å². The van der Waals surface area contributed by atoms with E-state index in [-0.39, 0.29) is 27.8 Å². The Hall–Kier alpha value is -2.81. The van der Waals surface area contributed by atoms with Gasteiger partial charge < -0.3 is 16.2 Å². The average Bonchev–Trinajstić information content (AvgIpc) is 2.71. The highest BCUT2D eigenvalue weighted by Crippen LogP contribution is 2.56. The summed E-state index contributed by atoms with van der Waals surface area (Å²) in [7, 11) is -3.60. The van der Waals surface area contributed by atoms with E-state index in [0.29, 0.717) is 29.3 Å². The maximum Gasteiger partial charge on any atom is 0.180 e. The van der Waals surface area contributed by atoms with Crippen molar-refractivity contribution >= 4 is 39.5 Å². The Morgan fingerprint density at radius 2 is 1.90 bits per heavy atom. The Labute approximate surface area is 183 Å². The second-order valence-corrected chi connectivity index (χ2v) is 10.4. The van der Waals surface area contributed by atoms with E-state index in [2.05, 4.69) is 23.6 Å². The molecule has 0 aromatic heterocycles. The molecule has 1 aliphatic heterocycles. The van der Waals surface area contributed by atoms with Crippen LogP contribution in [0.25, 0.3) is 5.76 Å². The average molecular weight is 442 g/mol. The maximum absolute atomic E-state index is 13.8. The van der Waals surface area contributed by atoms with Crippen LogP contribution in [0.4, 0.5) is 11.4 Å². The molecule has 1 heterocycles. The van der Waals surface area contributed by atoms with Gasteiger partial charge in [0.2, 0.25) is 0 Å². The lowest BCUT2D eigenvalue weighted by molar-refractivity contribution is -0.120. The molecule has 164 valence electrons. The number of nitrogens with zero attached hydrogens (tertiary/aromatic N) is 1. The standard InChI is InChI=1S/C23H27N3O4S/c1-13(2)10-11-23(3)16-7-5-4-6-15(16)20(27)19(21(23)28)22-25-17-9-8-14(24)12-18(17)31(29,30)26-22/h4-9,12-13,27,29-30H,10-11,24H2,1-3H3,(H,25,26). The summed E-state index contributed by atoms with van der Waals surface area (Å²) < 4.78 is 25.4. The third-order valence-corrected chi connectivity index (χ3v) is 7.34. The van der Waals surface area contributed by atoms with Crippen molar-refractivity contribution in [2.75, 3.05) is 11.1 Å². The predicted octanol–water partition coefficient (Wildman–Crippen LogP) is 5.36. The number of anilines is 2. The van der Waals surface area contributed by atoms with Gasteiger partial charge in [0, 0.05) is 11.3 Å². The summed E-state index contributed by atoms with van der Waals surface area (Å²) in [5, 5.41) is 14.1. The van der Waals surface area contributed by atoms with E-state index in [1.807, 2.05) is 19.1 Å². The molecule has 2 aliphatic rings. The highest BCUT2D eigenvalue weighted by Gasteiger charge is 2.46. The van der Waals surface area contributed by atoms with Crippen LogP contribution < -0.4 is 11.1 Å². The van der Waals surface area contributed by atoms with Crippen molar-refractivity contribution in [2.24, 2.45) is 10.3 Å². The normalized spacial score (nSPS) is 23.0. The number of aliphatic hydroxyl groups is 1. The first-order valence-corrected chi connectivity index (χ1v) is 11.7. The van der Waals surface area contributed by atoms with Crippen molar-refractivity contribution in [1.29, 1.82) is 0 Å². The van der Waals surface area contributed by atoms with Gasteiger partial charge in [-0.05, 0) is 49.4 Å². The van der Waals surface area contributed by atoms with E-state index in [0.717, 1.165) is 12.0 Å². The van der Waals surface area contributed by atoms with E-state index < -0.39 is 16.2 Å². The third kappa shape index (κ3) is 3.50. The summed E-state index contributed by atoms with van der Waals surface area (Å²) in [5.74, 6) is -0.174.